The van der Waals surface area contributed by atoms with Crippen molar-refractivity contribution in [3.63, 3.8) is 0 Å². The average Bonchev–Trinajstić information content (AvgIpc) is 3.65. The Kier molecular flexibility index (Phi) is 15.9. The molecule has 15 heteroatoms. The fourth-order valence-corrected chi connectivity index (χ4v) is 8.93. The van der Waals surface area contributed by atoms with E-state index in [0.717, 1.165) is 49.8 Å². The highest BCUT2D eigenvalue weighted by Crippen LogP contribution is 2.33. The molecule has 5 rings (SSSR count). The number of rotatable bonds is 12. The second-order valence-corrected chi connectivity index (χ2v) is 16.7. The van der Waals surface area contributed by atoms with Crippen molar-refractivity contribution in [3.05, 3.63) is 65.7 Å². The van der Waals surface area contributed by atoms with Crippen LogP contribution >= 0.6 is 11.8 Å². The van der Waals surface area contributed by atoms with Crippen molar-refractivity contribution in [2.45, 2.75) is 101 Å². The summed E-state index contributed by atoms with van der Waals surface area (Å²) >= 11 is 1.66. The van der Waals surface area contributed by atoms with Crippen LogP contribution in [-0.4, -0.2) is 114 Å². The lowest BCUT2D eigenvalue weighted by Crippen LogP contribution is -2.58. The van der Waals surface area contributed by atoms with Gasteiger partial charge in [0, 0.05) is 25.9 Å². The number of nitrogens with one attached hydrogen (secondary N) is 4. The van der Waals surface area contributed by atoms with Crippen LogP contribution in [0.5, 0.6) is 5.75 Å². The number of carbonyl (C=O) groups excluding carboxylic acids is 7. The van der Waals surface area contributed by atoms with E-state index < -0.39 is 54.2 Å². The predicted molar refractivity (Wildman–Crippen MR) is 216 cm³/mol. The number of carbonyl (C=O) groups is 7. The van der Waals surface area contributed by atoms with Gasteiger partial charge in [-0.25, -0.2) is 0 Å². The lowest BCUT2D eigenvalue weighted by Gasteiger charge is -2.35. The zero-order valence-electron chi connectivity index (χ0n) is 33.1. The molecule has 308 valence electrons. The van der Waals surface area contributed by atoms with Gasteiger partial charge in [0.25, 0.3) is 5.91 Å². The normalized spacial score (nSPS) is 21.6. The monoisotopic (exact) mass is 804 g/mol. The van der Waals surface area contributed by atoms with E-state index in [1.165, 1.54) is 4.90 Å². The van der Waals surface area contributed by atoms with E-state index in [0.29, 0.717) is 37.3 Å². The van der Waals surface area contributed by atoms with Gasteiger partial charge in [0.1, 0.15) is 23.9 Å². The number of thioether (sulfide) groups is 1. The molecule has 0 aromatic heterocycles. The van der Waals surface area contributed by atoms with Crippen molar-refractivity contribution >= 4 is 53.0 Å². The van der Waals surface area contributed by atoms with Crippen molar-refractivity contribution in [1.82, 2.24) is 31.1 Å². The Hall–Kier alpha value is -4.92. The smallest absolute Gasteiger partial charge is 0.290 e. The number of fused-ring (bicyclic) bond motifs is 4. The number of amides is 6. The largest absolute Gasteiger partial charge is 0.494 e. The lowest BCUT2D eigenvalue weighted by molar-refractivity contribution is -0.144. The molecule has 1 saturated heterocycles. The molecule has 0 spiro atoms. The number of likely N-dealkylation sites (N-methyl/N-ethyl adjacent to an activating group) is 1. The van der Waals surface area contributed by atoms with Gasteiger partial charge in [-0.15, -0.1) is 0 Å². The molecular formula is C42H56N6O8S. The summed E-state index contributed by atoms with van der Waals surface area (Å²) in [5.41, 5.74) is 1.32. The minimum Gasteiger partial charge on any atom is -0.494 e. The second-order valence-electron chi connectivity index (χ2n) is 15.2. The van der Waals surface area contributed by atoms with E-state index in [-0.39, 0.29) is 41.7 Å². The van der Waals surface area contributed by atoms with Gasteiger partial charge < -0.3 is 35.8 Å². The minimum atomic E-state index is -1.20. The van der Waals surface area contributed by atoms with Gasteiger partial charge in [0.2, 0.25) is 35.3 Å². The third-order valence-electron chi connectivity index (χ3n) is 10.7. The molecule has 2 heterocycles. The molecule has 2 aromatic rings. The highest BCUT2D eigenvalue weighted by molar-refractivity contribution is 7.99. The molecule has 0 radical (unpaired) electrons. The van der Waals surface area contributed by atoms with Crippen LogP contribution in [0.4, 0.5) is 0 Å². The zero-order chi connectivity index (χ0) is 40.9. The molecule has 1 aliphatic carbocycles. The number of nitrogens with zero attached hydrogens (tertiary/aromatic N) is 2. The van der Waals surface area contributed by atoms with Crippen molar-refractivity contribution < 1.29 is 38.3 Å². The average molecular weight is 805 g/mol. The van der Waals surface area contributed by atoms with Gasteiger partial charge >= 0.3 is 0 Å². The van der Waals surface area contributed by atoms with E-state index >= 15 is 0 Å². The fourth-order valence-electron chi connectivity index (χ4n) is 7.73. The first kappa shape index (κ1) is 43.2. The summed E-state index contributed by atoms with van der Waals surface area (Å²) in [6.07, 6.45) is 6.26. The van der Waals surface area contributed by atoms with Crippen molar-refractivity contribution in [2.24, 2.45) is 5.92 Å². The first-order valence-electron chi connectivity index (χ1n) is 20.1. The highest BCUT2D eigenvalue weighted by Gasteiger charge is 2.45. The number of ether oxygens (including phenoxy) is 1. The maximum Gasteiger partial charge on any atom is 0.290 e. The first-order chi connectivity index (χ1) is 27.4. The topological polar surface area (TPSA) is 183 Å². The van der Waals surface area contributed by atoms with Gasteiger partial charge in [0.05, 0.1) is 25.6 Å². The van der Waals surface area contributed by atoms with E-state index in [2.05, 4.69) is 21.3 Å². The maximum absolute atomic E-state index is 14.6. The Morgan fingerprint density at radius 1 is 0.965 bits per heavy atom. The Morgan fingerprint density at radius 2 is 1.72 bits per heavy atom. The summed E-state index contributed by atoms with van der Waals surface area (Å²) in [5, 5.41) is 10.7. The van der Waals surface area contributed by atoms with Crippen LogP contribution in [0.25, 0.3) is 0 Å². The van der Waals surface area contributed by atoms with Crippen LogP contribution in [0.2, 0.25) is 0 Å². The molecule has 6 amide bonds. The van der Waals surface area contributed by atoms with Crippen LogP contribution < -0.4 is 26.0 Å². The first-order valence-corrected chi connectivity index (χ1v) is 21.1. The van der Waals surface area contributed by atoms with E-state index in [1.54, 1.807) is 61.1 Å². The number of Topliss-reactive ketones (excluding diaryl/α,β-unsaturated/α-hetero) is 1. The SMILES string of the molecule is CCCC(NC(=O)[C@@H]1C[C@@H]2CN1C(=O)[C@H](C1CCCCC1)NC(=O)Cc1cccc(c1)OCCCS2)C(=O)C(=O)NCC(=O)N[C@H](C(=O)N(C)C)c1ccccc1. The number of benzene rings is 2. The molecule has 1 saturated carbocycles. The van der Waals surface area contributed by atoms with E-state index in [1.807, 2.05) is 31.2 Å². The van der Waals surface area contributed by atoms with Crippen molar-refractivity contribution in [3.8, 4) is 5.75 Å². The fraction of sp³-hybridized carbons (Fsp3) is 0.548. The molecule has 57 heavy (non-hydrogen) atoms. The van der Waals surface area contributed by atoms with Gasteiger partial charge in [-0.3, -0.25) is 33.6 Å². The second kappa shape index (κ2) is 21.0. The summed E-state index contributed by atoms with van der Waals surface area (Å²) in [5.74, 6) is -2.85. The Balaban J connectivity index is 1.28. The van der Waals surface area contributed by atoms with Gasteiger partial charge in [-0.2, -0.15) is 11.8 Å². The number of hydrogen-bond donors (Lipinski definition) is 4. The molecule has 2 aliphatic heterocycles. The lowest BCUT2D eigenvalue weighted by atomic mass is 9.83. The third kappa shape index (κ3) is 12.0. The van der Waals surface area contributed by atoms with Crippen LogP contribution in [0, 0.1) is 5.92 Å². The van der Waals surface area contributed by atoms with Crippen LogP contribution in [0.1, 0.15) is 81.9 Å². The summed E-state index contributed by atoms with van der Waals surface area (Å²) in [6.45, 7) is 2.01. The minimum absolute atomic E-state index is 0.0719. The van der Waals surface area contributed by atoms with Crippen LogP contribution in [-0.2, 0) is 40.0 Å². The summed E-state index contributed by atoms with van der Waals surface area (Å²) < 4.78 is 5.97. The van der Waals surface area contributed by atoms with Crippen molar-refractivity contribution in [1.29, 1.82) is 0 Å². The number of hydrogen-bond acceptors (Lipinski definition) is 9. The quantitative estimate of drug-likeness (QED) is 0.235. The van der Waals surface area contributed by atoms with E-state index in [9.17, 15) is 33.6 Å². The molecule has 1 unspecified atom stereocenters. The zero-order valence-corrected chi connectivity index (χ0v) is 33.9. The molecule has 2 aromatic carbocycles. The van der Waals surface area contributed by atoms with E-state index in [4.69, 9.17) is 4.74 Å². The summed E-state index contributed by atoms with van der Waals surface area (Å²) in [4.78, 5) is 97.7. The maximum atomic E-state index is 14.6. The van der Waals surface area contributed by atoms with Crippen LogP contribution in [0.15, 0.2) is 54.6 Å². The van der Waals surface area contributed by atoms with Gasteiger partial charge in [-0.05, 0) is 67.0 Å². The summed E-state index contributed by atoms with van der Waals surface area (Å²) in [7, 11) is 3.13. The standard InChI is InChI=1S/C42H56N6O8S/c1-4-13-32(38(51)40(53)43-25-35(50)46-36(41(54)47(2)3)28-15-7-5-8-16-28)44-39(52)33-24-31-26-48(33)42(55)37(29-17-9-6-10-18-29)45-34(49)23-27-14-11-19-30(22-27)56-20-12-21-57-31/h5,7-8,11,14-16,19,22,29,31-33,36-37H,4,6,9-10,12-13,17-18,20-21,23-26H2,1-3H3,(H,43,53)(H,44,52)(H,45,49)(H,46,50)/t31-,32?,33+,36+,37+/m1/s1. The third-order valence-corrected chi connectivity index (χ3v) is 12.0. The number of ketones is 1. The molecule has 2 fully saturated rings. The Bertz CT molecular complexity index is 1750. The Morgan fingerprint density at radius 3 is 2.44 bits per heavy atom. The summed E-state index contributed by atoms with van der Waals surface area (Å²) in [6, 6.07) is 12.1. The molecular weight excluding hydrogens is 749 g/mol. The Labute approximate surface area is 339 Å². The molecule has 4 N–H and O–H groups in total. The molecule has 14 nitrogen and oxygen atoms in total. The van der Waals surface area contributed by atoms with Gasteiger partial charge in [0.15, 0.2) is 0 Å². The molecule has 5 atom stereocenters. The predicted octanol–water partition coefficient (Wildman–Crippen LogP) is 2.70. The van der Waals surface area contributed by atoms with Crippen LogP contribution in [0.3, 0.4) is 0 Å². The molecule has 4 bridgehead atoms. The van der Waals surface area contributed by atoms with Gasteiger partial charge in [-0.1, -0.05) is 75.1 Å². The van der Waals surface area contributed by atoms with Crippen molar-refractivity contribution in [2.75, 3.05) is 39.5 Å². The highest BCUT2D eigenvalue weighted by atomic mass is 32.2. The molecule has 3 aliphatic rings.